The van der Waals surface area contributed by atoms with E-state index in [9.17, 15) is 4.39 Å². The Hall–Kier alpha value is -2.32. The van der Waals surface area contributed by atoms with E-state index in [0.717, 1.165) is 5.69 Å². The van der Waals surface area contributed by atoms with Gasteiger partial charge in [-0.1, -0.05) is 0 Å². The van der Waals surface area contributed by atoms with Gasteiger partial charge < -0.3 is 5.32 Å². The summed E-state index contributed by atoms with van der Waals surface area (Å²) < 4.78 is 13.1. The Morgan fingerprint density at radius 3 is 2.89 bits per heavy atom. The first-order valence-electron chi connectivity index (χ1n) is 5.44. The molecule has 0 saturated carbocycles. The predicted octanol–water partition coefficient (Wildman–Crippen LogP) is 1.78. The minimum absolute atomic E-state index is 0.340. The van der Waals surface area contributed by atoms with Gasteiger partial charge in [0.1, 0.15) is 12.1 Å². The van der Waals surface area contributed by atoms with Crippen molar-refractivity contribution in [2.75, 3.05) is 0 Å². The quantitative estimate of drug-likeness (QED) is 0.887. The van der Waals surface area contributed by atoms with Gasteiger partial charge in [0.15, 0.2) is 0 Å². The number of aromatic nitrogens is 2. The molecule has 0 bridgehead atoms. The van der Waals surface area contributed by atoms with Crippen molar-refractivity contribution in [1.29, 1.82) is 5.26 Å². The maximum Gasteiger partial charge on any atom is 0.123 e. The van der Waals surface area contributed by atoms with Crippen molar-refractivity contribution < 1.29 is 4.39 Å². The highest BCUT2D eigenvalue weighted by Crippen LogP contribution is 2.10. The van der Waals surface area contributed by atoms with Gasteiger partial charge in [-0.05, 0) is 29.8 Å². The van der Waals surface area contributed by atoms with Crippen molar-refractivity contribution in [3.05, 3.63) is 59.4 Å². The molecule has 0 aliphatic rings. The third kappa shape index (κ3) is 3.09. The molecule has 1 N–H and O–H groups in total. The number of rotatable bonds is 4. The molecule has 18 heavy (non-hydrogen) atoms. The van der Waals surface area contributed by atoms with Crippen LogP contribution in [0.1, 0.15) is 16.8 Å². The van der Waals surface area contributed by atoms with Crippen molar-refractivity contribution >= 4 is 0 Å². The Morgan fingerprint density at radius 1 is 1.28 bits per heavy atom. The first-order chi connectivity index (χ1) is 8.79. The van der Waals surface area contributed by atoms with E-state index in [1.54, 1.807) is 12.3 Å². The van der Waals surface area contributed by atoms with E-state index in [1.165, 1.54) is 24.5 Å². The standard InChI is InChI=1S/C13H11FN4/c14-12-2-1-10(6-15)11(5-12)7-17-8-13-3-4-16-9-18-13/h1-5,9,17H,7-8H2. The lowest BCUT2D eigenvalue weighted by atomic mass is 10.1. The van der Waals surface area contributed by atoms with Gasteiger partial charge >= 0.3 is 0 Å². The van der Waals surface area contributed by atoms with Crippen LogP contribution >= 0.6 is 0 Å². The molecule has 0 aliphatic carbocycles. The smallest absolute Gasteiger partial charge is 0.123 e. The lowest BCUT2D eigenvalue weighted by Crippen LogP contribution is -2.14. The van der Waals surface area contributed by atoms with Gasteiger partial charge in [0.2, 0.25) is 0 Å². The molecule has 0 radical (unpaired) electrons. The lowest BCUT2D eigenvalue weighted by Gasteiger charge is -2.06. The Kier molecular flexibility index (Phi) is 3.94. The second-order valence-electron chi connectivity index (χ2n) is 3.72. The molecule has 4 nitrogen and oxygen atoms in total. The van der Waals surface area contributed by atoms with Crippen LogP contribution in [-0.4, -0.2) is 9.97 Å². The fraction of sp³-hybridized carbons (Fsp3) is 0.154. The maximum atomic E-state index is 13.1. The lowest BCUT2D eigenvalue weighted by molar-refractivity contribution is 0.618. The molecule has 0 atom stereocenters. The molecule has 2 rings (SSSR count). The number of hydrogen-bond donors (Lipinski definition) is 1. The highest BCUT2D eigenvalue weighted by Gasteiger charge is 2.03. The Balaban J connectivity index is 1.98. The fourth-order valence-corrected chi connectivity index (χ4v) is 1.57. The van der Waals surface area contributed by atoms with Crippen molar-refractivity contribution in [3.63, 3.8) is 0 Å². The topological polar surface area (TPSA) is 61.6 Å². The van der Waals surface area contributed by atoms with E-state index in [2.05, 4.69) is 15.3 Å². The molecule has 1 aromatic carbocycles. The summed E-state index contributed by atoms with van der Waals surface area (Å²) in [6.45, 7) is 0.967. The van der Waals surface area contributed by atoms with Crippen LogP contribution in [0.3, 0.4) is 0 Å². The van der Waals surface area contributed by atoms with Gasteiger partial charge in [0.25, 0.3) is 0 Å². The second-order valence-corrected chi connectivity index (χ2v) is 3.72. The zero-order valence-corrected chi connectivity index (χ0v) is 9.60. The number of halogens is 1. The molecule has 1 heterocycles. The molecule has 5 heteroatoms. The molecule has 2 aromatic rings. The van der Waals surface area contributed by atoms with Gasteiger partial charge in [-0.25, -0.2) is 14.4 Å². The van der Waals surface area contributed by atoms with E-state index in [1.807, 2.05) is 6.07 Å². The predicted molar refractivity (Wildman–Crippen MR) is 63.7 cm³/mol. The number of benzene rings is 1. The average Bonchev–Trinajstić information content (AvgIpc) is 2.40. The van der Waals surface area contributed by atoms with Crippen LogP contribution in [0.2, 0.25) is 0 Å². The van der Waals surface area contributed by atoms with Gasteiger partial charge in [0, 0.05) is 19.3 Å². The molecule has 0 amide bonds. The van der Waals surface area contributed by atoms with Gasteiger partial charge in [0.05, 0.1) is 17.3 Å². The van der Waals surface area contributed by atoms with E-state index in [-0.39, 0.29) is 5.82 Å². The number of nitrogens with one attached hydrogen (secondary N) is 1. The average molecular weight is 242 g/mol. The SMILES string of the molecule is N#Cc1ccc(F)cc1CNCc1ccncn1. The minimum atomic E-state index is -0.340. The summed E-state index contributed by atoms with van der Waals surface area (Å²) in [6, 6.07) is 7.97. The highest BCUT2D eigenvalue weighted by molar-refractivity contribution is 5.37. The first-order valence-corrected chi connectivity index (χ1v) is 5.44. The van der Waals surface area contributed by atoms with Crippen molar-refractivity contribution in [3.8, 4) is 6.07 Å². The van der Waals surface area contributed by atoms with Crippen LogP contribution in [0.25, 0.3) is 0 Å². The van der Waals surface area contributed by atoms with Crippen molar-refractivity contribution in [1.82, 2.24) is 15.3 Å². The van der Waals surface area contributed by atoms with Crippen LogP contribution in [-0.2, 0) is 13.1 Å². The van der Waals surface area contributed by atoms with E-state index in [4.69, 9.17) is 5.26 Å². The summed E-state index contributed by atoms with van der Waals surface area (Å²) in [5, 5.41) is 12.0. The summed E-state index contributed by atoms with van der Waals surface area (Å²) in [5.41, 5.74) is 1.97. The molecule has 90 valence electrons. The molecular weight excluding hydrogens is 231 g/mol. The third-order valence-electron chi connectivity index (χ3n) is 2.45. The zero-order valence-electron chi connectivity index (χ0n) is 9.60. The molecule has 0 aliphatic heterocycles. The van der Waals surface area contributed by atoms with Crippen LogP contribution < -0.4 is 5.32 Å². The molecule has 0 saturated heterocycles. The molecule has 0 fully saturated rings. The minimum Gasteiger partial charge on any atom is -0.307 e. The Labute approximate surface area is 104 Å². The van der Waals surface area contributed by atoms with Crippen LogP contribution in [0.15, 0.2) is 36.8 Å². The molecule has 0 spiro atoms. The summed E-state index contributed by atoms with van der Waals surface area (Å²) in [5.74, 6) is -0.340. The van der Waals surface area contributed by atoms with E-state index >= 15 is 0 Å². The van der Waals surface area contributed by atoms with Crippen molar-refractivity contribution in [2.45, 2.75) is 13.1 Å². The van der Waals surface area contributed by atoms with Crippen LogP contribution in [0.5, 0.6) is 0 Å². The largest absolute Gasteiger partial charge is 0.307 e. The summed E-state index contributed by atoms with van der Waals surface area (Å²) in [4.78, 5) is 7.88. The monoisotopic (exact) mass is 242 g/mol. The molecule has 1 aromatic heterocycles. The van der Waals surface area contributed by atoms with Crippen LogP contribution in [0, 0.1) is 17.1 Å². The van der Waals surface area contributed by atoms with Gasteiger partial charge in [-0.2, -0.15) is 5.26 Å². The van der Waals surface area contributed by atoms with E-state index < -0.39 is 0 Å². The molecule has 0 unspecified atom stereocenters. The zero-order chi connectivity index (χ0) is 12.8. The number of hydrogen-bond acceptors (Lipinski definition) is 4. The summed E-state index contributed by atoms with van der Waals surface area (Å²) in [7, 11) is 0. The Bertz CT molecular complexity index is 563. The summed E-state index contributed by atoms with van der Waals surface area (Å²) >= 11 is 0. The normalized spacial score (nSPS) is 10.0. The van der Waals surface area contributed by atoms with E-state index in [0.29, 0.717) is 24.2 Å². The van der Waals surface area contributed by atoms with Crippen LogP contribution in [0.4, 0.5) is 4.39 Å². The number of nitrogens with zero attached hydrogens (tertiary/aromatic N) is 3. The Morgan fingerprint density at radius 2 is 2.17 bits per heavy atom. The summed E-state index contributed by atoms with van der Waals surface area (Å²) in [6.07, 6.45) is 3.13. The van der Waals surface area contributed by atoms with Crippen molar-refractivity contribution in [2.24, 2.45) is 0 Å². The first kappa shape index (κ1) is 12.1. The maximum absolute atomic E-state index is 13.1. The van der Waals surface area contributed by atoms with Gasteiger partial charge in [-0.3, -0.25) is 0 Å². The number of nitriles is 1. The third-order valence-corrected chi connectivity index (χ3v) is 2.45. The highest BCUT2D eigenvalue weighted by atomic mass is 19.1. The second kappa shape index (κ2) is 5.84. The van der Waals surface area contributed by atoms with Gasteiger partial charge in [-0.15, -0.1) is 0 Å². The fourth-order valence-electron chi connectivity index (χ4n) is 1.57. The molecular formula is C13H11FN4.